The van der Waals surface area contributed by atoms with Crippen LogP contribution in [0.5, 0.6) is 0 Å². The van der Waals surface area contributed by atoms with Crippen LogP contribution in [0.3, 0.4) is 0 Å². The number of benzene rings is 1. The topological polar surface area (TPSA) is 52.6 Å². The summed E-state index contributed by atoms with van der Waals surface area (Å²) >= 11 is 0. The maximum absolute atomic E-state index is 13.3. The highest BCUT2D eigenvalue weighted by Gasteiger charge is 2.09. The molecular weight excluding hydrogens is 239 g/mol. The minimum atomic E-state index is -1.01. The highest BCUT2D eigenvalue weighted by atomic mass is 19.1. The number of hydrogen-bond acceptors (Lipinski definition) is 4. The Balaban J connectivity index is 2.83. The molecule has 0 heterocycles. The first-order valence-corrected chi connectivity index (χ1v) is 5.31. The minimum absolute atomic E-state index is 0.112. The molecule has 0 unspecified atom stereocenters. The molecule has 5 heteroatoms. The third kappa shape index (κ3) is 3.69. The zero-order valence-corrected chi connectivity index (χ0v) is 10.1. The van der Waals surface area contributed by atoms with Gasteiger partial charge in [-0.1, -0.05) is 12.1 Å². The Labute approximate surface area is 104 Å². The Bertz CT molecular complexity index is 462. The summed E-state index contributed by atoms with van der Waals surface area (Å²) in [6.07, 6.45) is 1.04. The smallest absolute Gasteiger partial charge is 0.367 e. The monoisotopic (exact) mass is 252 g/mol. The van der Waals surface area contributed by atoms with Gasteiger partial charge in [0.05, 0.1) is 19.3 Å². The Morgan fingerprint density at radius 3 is 2.39 bits per heavy atom. The maximum Gasteiger partial charge on any atom is 0.367 e. The number of methoxy groups -OCH3 is 1. The van der Waals surface area contributed by atoms with Crippen molar-refractivity contribution in [1.82, 2.24) is 0 Å². The lowest BCUT2D eigenvalue weighted by Crippen LogP contribution is -2.04. The van der Waals surface area contributed by atoms with Gasteiger partial charge >= 0.3 is 11.9 Å². The molecule has 1 aromatic carbocycles. The van der Waals surface area contributed by atoms with Crippen LogP contribution in [0.2, 0.25) is 0 Å². The van der Waals surface area contributed by atoms with Gasteiger partial charge in [-0.15, -0.1) is 0 Å². The first-order chi connectivity index (χ1) is 8.58. The fraction of sp³-hybridized carbons (Fsp3) is 0.231. The van der Waals surface area contributed by atoms with Crippen LogP contribution in [0, 0.1) is 0 Å². The molecule has 0 aliphatic carbocycles. The first kappa shape index (κ1) is 13.9. The third-order valence-electron chi connectivity index (χ3n) is 2.10. The Morgan fingerprint density at radius 2 is 1.89 bits per heavy atom. The number of ether oxygens (including phenoxy) is 2. The van der Waals surface area contributed by atoms with Crippen LogP contribution in [0.1, 0.15) is 22.8 Å². The first-order valence-electron chi connectivity index (χ1n) is 5.31. The standard InChI is InChI=1S/C13H13FO4/c1-3-18-13(16)11(14)8-9-4-6-10(7-5-9)12(15)17-2/h4-8H,3H2,1-2H3/b11-8-. The lowest BCUT2D eigenvalue weighted by Gasteiger charge is -2.00. The number of rotatable bonds is 4. The molecule has 0 bridgehead atoms. The average molecular weight is 252 g/mol. The van der Waals surface area contributed by atoms with Crippen molar-refractivity contribution in [3.63, 3.8) is 0 Å². The van der Waals surface area contributed by atoms with Gasteiger partial charge in [0, 0.05) is 0 Å². The van der Waals surface area contributed by atoms with Crippen LogP contribution < -0.4 is 0 Å². The molecule has 0 N–H and O–H groups in total. The van der Waals surface area contributed by atoms with Crippen molar-refractivity contribution >= 4 is 18.0 Å². The van der Waals surface area contributed by atoms with Crippen LogP contribution in [-0.2, 0) is 14.3 Å². The molecule has 0 aliphatic rings. The quantitative estimate of drug-likeness (QED) is 0.609. The molecule has 1 rings (SSSR count). The summed E-state index contributed by atoms with van der Waals surface area (Å²) in [5.41, 5.74) is 0.805. The summed E-state index contributed by atoms with van der Waals surface area (Å²) in [5.74, 6) is -2.46. The van der Waals surface area contributed by atoms with Gasteiger partial charge in [0.25, 0.3) is 0 Å². The molecule has 0 saturated carbocycles. The van der Waals surface area contributed by atoms with Gasteiger partial charge in [0.2, 0.25) is 5.83 Å². The van der Waals surface area contributed by atoms with E-state index in [1.165, 1.54) is 31.4 Å². The van der Waals surface area contributed by atoms with Crippen LogP contribution in [0.25, 0.3) is 6.08 Å². The van der Waals surface area contributed by atoms with Gasteiger partial charge in [0.1, 0.15) is 0 Å². The fourth-order valence-electron chi connectivity index (χ4n) is 1.24. The summed E-state index contributed by atoms with van der Waals surface area (Å²) in [6.45, 7) is 1.71. The molecule has 18 heavy (non-hydrogen) atoms. The van der Waals surface area contributed by atoms with Crippen molar-refractivity contribution in [2.75, 3.05) is 13.7 Å². The molecule has 0 aliphatic heterocycles. The van der Waals surface area contributed by atoms with Crippen molar-refractivity contribution in [3.05, 3.63) is 41.2 Å². The highest BCUT2D eigenvalue weighted by Crippen LogP contribution is 2.11. The lowest BCUT2D eigenvalue weighted by atomic mass is 10.1. The highest BCUT2D eigenvalue weighted by molar-refractivity contribution is 5.92. The number of hydrogen-bond donors (Lipinski definition) is 0. The van der Waals surface area contributed by atoms with E-state index in [9.17, 15) is 14.0 Å². The predicted octanol–water partition coefficient (Wildman–Crippen LogP) is 2.35. The molecule has 0 aromatic heterocycles. The molecular formula is C13H13FO4. The zero-order valence-electron chi connectivity index (χ0n) is 10.1. The van der Waals surface area contributed by atoms with Crippen molar-refractivity contribution < 1.29 is 23.5 Å². The summed E-state index contributed by atoms with van der Waals surface area (Å²) in [6, 6.07) is 5.97. The Hall–Kier alpha value is -2.17. The maximum atomic E-state index is 13.3. The Kier molecular flexibility index (Phi) is 5.05. The summed E-state index contributed by atoms with van der Waals surface area (Å²) in [5, 5.41) is 0. The van der Waals surface area contributed by atoms with Crippen LogP contribution in [0.15, 0.2) is 30.1 Å². The number of halogens is 1. The minimum Gasteiger partial charge on any atom is -0.465 e. The zero-order chi connectivity index (χ0) is 13.5. The van der Waals surface area contributed by atoms with Crippen molar-refractivity contribution in [2.24, 2.45) is 0 Å². The summed E-state index contributed by atoms with van der Waals surface area (Å²) in [4.78, 5) is 22.2. The summed E-state index contributed by atoms with van der Waals surface area (Å²) in [7, 11) is 1.27. The number of carbonyl (C=O) groups excluding carboxylic acids is 2. The second kappa shape index (κ2) is 6.54. The van der Waals surface area contributed by atoms with E-state index in [0.29, 0.717) is 11.1 Å². The van der Waals surface area contributed by atoms with E-state index in [0.717, 1.165) is 6.08 Å². The molecule has 1 aromatic rings. The van der Waals surface area contributed by atoms with E-state index in [1.54, 1.807) is 6.92 Å². The van der Waals surface area contributed by atoms with E-state index in [2.05, 4.69) is 9.47 Å². The van der Waals surface area contributed by atoms with Crippen LogP contribution in [0.4, 0.5) is 4.39 Å². The molecule has 0 spiro atoms. The van der Waals surface area contributed by atoms with Crippen molar-refractivity contribution in [1.29, 1.82) is 0 Å². The van der Waals surface area contributed by atoms with E-state index < -0.39 is 17.8 Å². The van der Waals surface area contributed by atoms with Gasteiger partial charge in [-0.25, -0.2) is 9.59 Å². The lowest BCUT2D eigenvalue weighted by molar-refractivity contribution is -0.140. The predicted molar refractivity (Wildman–Crippen MR) is 63.5 cm³/mol. The summed E-state index contributed by atoms with van der Waals surface area (Å²) < 4.78 is 22.3. The third-order valence-corrected chi connectivity index (χ3v) is 2.10. The molecule has 0 fully saturated rings. The molecule has 0 saturated heterocycles. The average Bonchev–Trinajstić information content (AvgIpc) is 2.39. The van der Waals surface area contributed by atoms with Gasteiger partial charge in [-0.05, 0) is 30.7 Å². The van der Waals surface area contributed by atoms with E-state index in [-0.39, 0.29) is 6.61 Å². The largest absolute Gasteiger partial charge is 0.465 e. The van der Waals surface area contributed by atoms with Gasteiger partial charge < -0.3 is 9.47 Å². The number of esters is 2. The molecule has 0 atom stereocenters. The molecule has 96 valence electrons. The van der Waals surface area contributed by atoms with Crippen LogP contribution >= 0.6 is 0 Å². The van der Waals surface area contributed by atoms with Gasteiger partial charge in [-0.2, -0.15) is 4.39 Å². The van der Waals surface area contributed by atoms with E-state index in [1.807, 2.05) is 0 Å². The van der Waals surface area contributed by atoms with E-state index >= 15 is 0 Å². The molecule has 4 nitrogen and oxygen atoms in total. The SMILES string of the molecule is CCOC(=O)/C(F)=C/c1ccc(C(=O)OC)cc1. The van der Waals surface area contributed by atoms with Gasteiger partial charge in [-0.3, -0.25) is 0 Å². The molecule has 0 amide bonds. The van der Waals surface area contributed by atoms with Crippen molar-refractivity contribution in [3.8, 4) is 0 Å². The van der Waals surface area contributed by atoms with E-state index in [4.69, 9.17) is 0 Å². The van der Waals surface area contributed by atoms with Gasteiger partial charge in [0.15, 0.2) is 0 Å². The second-order valence-corrected chi connectivity index (χ2v) is 3.33. The fourth-order valence-corrected chi connectivity index (χ4v) is 1.24. The Morgan fingerprint density at radius 1 is 1.28 bits per heavy atom. The van der Waals surface area contributed by atoms with Crippen LogP contribution in [-0.4, -0.2) is 25.7 Å². The second-order valence-electron chi connectivity index (χ2n) is 3.33. The number of carbonyl (C=O) groups is 2. The normalized spacial score (nSPS) is 10.9. The van der Waals surface area contributed by atoms with Crippen molar-refractivity contribution in [2.45, 2.75) is 6.92 Å². The molecule has 0 radical (unpaired) electrons.